The van der Waals surface area contributed by atoms with Gasteiger partial charge < -0.3 is 25.0 Å². The number of aliphatic carboxylic acids is 1. The largest absolute Gasteiger partial charge is 0.508 e. The van der Waals surface area contributed by atoms with E-state index in [2.05, 4.69) is 5.32 Å². The van der Waals surface area contributed by atoms with Crippen LogP contribution in [0.3, 0.4) is 0 Å². The van der Waals surface area contributed by atoms with Crippen molar-refractivity contribution >= 4 is 17.6 Å². The van der Waals surface area contributed by atoms with Crippen molar-refractivity contribution in [1.29, 1.82) is 0 Å². The monoisotopic (exact) mass is 413 g/mol. The zero-order chi connectivity index (χ0) is 22.0. The Morgan fingerprint density at radius 3 is 2.50 bits per heavy atom. The number of phenolic OH excluding ortho intramolecular Hbond substituents is 1. The molecular formula is C23H27NO6. The first kappa shape index (κ1) is 21.5. The molecule has 30 heavy (non-hydrogen) atoms. The standard InChI is InChI=1S/C23H27NO6/c1-12(2)21-17(25)8-9-18(23(21)29-4)30-22-13(3)10-16(14-6-5-7-15(14)22)24-19(26)11-20(27)28/h8-10,12,25H,5-7,11H2,1-4H3,(H,24,26)(H,27,28). The molecule has 0 spiro atoms. The molecule has 1 amide bonds. The number of carbonyl (C=O) groups excluding carboxylic acids is 1. The van der Waals surface area contributed by atoms with Crippen molar-refractivity contribution in [2.75, 3.05) is 12.4 Å². The van der Waals surface area contributed by atoms with Crippen LogP contribution in [0.2, 0.25) is 0 Å². The zero-order valence-corrected chi connectivity index (χ0v) is 17.7. The number of carboxylic acids is 1. The molecular weight excluding hydrogens is 386 g/mol. The normalized spacial score (nSPS) is 12.6. The van der Waals surface area contributed by atoms with Crippen LogP contribution in [0.4, 0.5) is 5.69 Å². The molecule has 2 aromatic carbocycles. The maximum Gasteiger partial charge on any atom is 0.312 e. The van der Waals surface area contributed by atoms with E-state index < -0.39 is 18.3 Å². The number of aromatic hydroxyl groups is 1. The van der Waals surface area contributed by atoms with Crippen molar-refractivity contribution in [2.24, 2.45) is 0 Å². The molecule has 0 radical (unpaired) electrons. The summed E-state index contributed by atoms with van der Waals surface area (Å²) in [6.07, 6.45) is 1.92. The Hall–Kier alpha value is -3.22. The third-order valence-electron chi connectivity index (χ3n) is 5.25. The number of carboxylic acid groups (broad SMARTS) is 1. The first-order valence-corrected chi connectivity index (χ1v) is 9.97. The van der Waals surface area contributed by atoms with E-state index in [1.54, 1.807) is 19.2 Å². The van der Waals surface area contributed by atoms with Crippen molar-refractivity contribution in [2.45, 2.75) is 52.4 Å². The van der Waals surface area contributed by atoms with Crippen LogP contribution in [0.15, 0.2) is 18.2 Å². The van der Waals surface area contributed by atoms with Crippen LogP contribution in [-0.4, -0.2) is 29.2 Å². The van der Waals surface area contributed by atoms with Gasteiger partial charge in [0.05, 0.1) is 7.11 Å². The molecule has 3 rings (SSSR count). The summed E-state index contributed by atoms with van der Waals surface area (Å²) in [4.78, 5) is 22.8. The highest BCUT2D eigenvalue weighted by atomic mass is 16.5. The van der Waals surface area contributed by atoms with Gasteiger partial charge in [0.15, 0.2) is 11.5 Å². The van der Waals surface area contributed by atoms with Gasteiger partial charge >= 0.3 is 5.97 Å². The number of nitrogens with one attached hydrogen (secondary N) is 1. The number of phenols is 1. The molecule has 0 bridgehead atoms. The lowest BCUT2D eigenvalue weighted by atomic mass is 10.00. The lowest BCUT2D eigenvalue weighted by molar-refractivity contribution is -0.139. The van der Waals surface area contributed by atoms with Crippen molar-refractivity contribution in [1.82, 2.24) is 0 Å². The van der Waals surface area contributed by atoms with E-state index in [4.69, 9.17) is 14.6 Å². The van der Waals surface area contributed by atoms with Crippen LogP contribution >= 0.6 is 0 Å². The van der Waals surface area contributed by atoms with Crippen molar-refractivity contribution < 1.29 is 29.3 Å². The molecule has 0 unspecified atom stereocenters. The first-order valence-electron chi connectivity index (χ1n) is 9.97. The maximum absolute atomic E-state index is 12.0. The average Bonchev–Trinajstić information content (AvgIpc) is 3.14. The lowest BCUT2D eigenvalue weighted by Gasteiger charge is -2.21. The van der Waals surface area contributed by atoms with Crippen LogP contribution in [0.25, 0.3) is 0 Å². The lowest BCUT2D eigenvalue weighted by Crippen LogP contribution is -2.17. The highest BCUT2D eigenvalue weighted by molar-refractivity contribution is 6.02. The summed E-state index contributed by atoms with van der Waals surface area (Å²) in [5.74, 6) is 0.203. The summed E-state index contributed by atoms with van der Waals surface area (Å²) in [7, 11) is 1.55. The molecule has 0 fully saturated rings. The minimum atomic E-state index is -1.17. The number of carbonyl (C=O) groups is 2. The van der Waals surface area contributed by atoms with Gasteiger partial charge in [0.25, 0.3) is 0 Å². The summed E-state index contributed by atoms with van der Waals surface area (Å²) in [6, 6.07) is 5.10. The summed E-state index contributed by atoms with van der Waals surface area (Å²) < 4.78 is 11.9. The molecule has 1 aliphatic carbocycles. The molecule has 0 heterocycles. The molecule has 0 saturated carbocycles. The summed E-state index contributed by atoms with van der Waals surface area (Å²) in [5, 5.41) is 21.8. The zero-order valence-electron chi connectivity index (χ0n) is 17.7. The van der Waals surface area contributed by atoms with Gasteiger partial charge in [0.1, 0.15) is 17.9 Å². The Morgan fingerprint density at radius 2 is 1.87 bits per heavy atom. The fraction of sp³-hybridized carbons (Fsp3) is 0.391. The second kappa shape index (κ2) is 8.65. The van der Waals surface area contributed by atoms with E-state index >= 15 is 0 Å². The third-order valence-corrected chi connectivity index (χ3v) is 5.25. The number of hydrogen-bond donors (Lipinski definition) is 3. The highest BCUT2D eigenvalue weighted by Crippen LogP contribution is 2.46. The number of methoxy groups -OCH3 is 1. The summed E-state index contributed by atoms with van der Waals surface area (Å²) >= 11 is 0. The fourth-order valence-electron chi connectivity index (χ4n) is 4.01. The maximum atomic E-state index is 12.0. The number of hydrogen-bond acceptors (Lipinski definition) is 5. The van der Waals surface area contributed by atoms with Gasteiger partial charge in [-0.3, -0.25) is 9.59 Å². The van der Waals surface area contributed by atoms with E-state index in [0.717, 1.165) is 36.0 Å². The molecule has 0 aromatic heterocycles. The third kappa shape index (κ3) is 4.20. The Bertz CT molecular complexity index is 996. The predicted molar refractivity (Wildman–Crippen MR) is 113 cm³/mol. The molecule has 0 atom stereocenters. The molecule has 0 aliphatic heterocycles. The van der Waals surface area contributed by atoms with Crippen molar-refractivity contribution in [3.05, 3.63) is 40.5 Å². The SMILES string of the molecule is COc1c(Oc2c(C)cc(NC(=O)CC(=O)O)c3c2CCC3)ccc(O)c1C(C)C. The van der Waals surface area contributed by atoms with Crippen LogP contribution in [0.1, 0.15) is 54.9 Å². The molecule has 0 saturated heterocycles. The summed E-state index contributed by atoms with van der Waals surface area (Å²) in [6.45, 7) is 5.83. The predicted octanol–water partition coefficient (Wildman–Crippen LogP) is 4.53. The number of benzene rings is 2. The van der Waals surface area contributed by atoms with Gasteiger partial charge in [-0.2, -0.15) is 0 Å². The first-order chi connectivity index (χ1) is 14.2. The minimum Gasteiger partial charge on any atom is -0.508 e. The van der Waals surface area contributed by atoms with E-state index in [1.807, 2.05) is 26.8 Å². The number of rotatable bonds is 7. The van der Waals surface area contributed by atoms with Crippen LogP contribution in [0.5, 0.6) is 23.0 Å². The molecule has 3 N–H and O–H groups in total. The molecule has 160 valence electrons. The fourth-order valence-corrected chi connectivity index (χ4v) is 4.01. The summed E-state index contributed by atoms with van der Waals surface area (Å²) in [5.41, 5.74) is 4.11. The number of anilines is 1. The molecule has 1 aliphatic rings. The Kier molecular flexibility index (Phi) is 6.20. The van der Waals surface area contributed by atoms with Crippen LogP contribution in [-0.2, 0) is 22.4 Å². The van der Waals surface area contributed by atoms with Crippen LogP contribution < -0.4 is 14.8 Å². The number of aryl methyl sites for hydroxylation is 1. The smallest absolute Gasteiger partial charge is 0.312 e. The Labute approximate surface area is 175 Å². The van der Waals surface area contributed by atoms with Gasteiger partial charge in [0.2, 0.25) is 5.91 Å². The number of amides is 1. The quantitative estimate of drug-likeness (QED) is 0.576. The van der Waals surface area contributed by atoms with Gasteiger partial charge in [-0.05, 0) is 61.4 Å². The van der Waals surface area contributed by atoms with Gasteiger partial charge in [-0.1, -0.05) is 13.8 Å². The van der Waals surface area contributed by atoms with Crippen molar-refractivity contribution in [3.8, 4) is 23.0 Å². The van der Waals surface area contributed by atoms with Gasteiger partial charge in [0, 0.05) is 16.8 Å². The van der Waals surface area contributed by atoms with Crippen molar-refractivity contribution in [3.63, 3.8) is 0 Å². The number of fused-ring (bicyclic) bond motifs is 1. The van der Waals surface area contributed by atoms with E-state index in [0.29, 0.717) is 28.5 Å². The van der Waals surface area contributed by atoms with E-state index in [1.165, 1.54) is 0 Å². The molecule has 7 nitrogen and oxygen atoms in total. The second-order valence-corrected chi connectivity index (χ2v) is 7.79. The number of ether oxygens (including phenoxy) is 2. The molecule has 7 heteroatoms. The van der Waals surface area contributed by atoms with Gasteiger partial charge in [-0.25, -0.2) is 0 Å². The van der Waals surface area contributed by atoms with E-state index in [-0.39, 0.29) is 11.7 Å². The molecule has 2 aromatic rings. The highest BCUT2D eigenvalue weighted by Gasteiger charge is 2.25. The van der Waals surface area contributed by atoms with Crippen LogP contribution in [0, 0.1) is 6.92 Å². The Morgan fingerprint density at radius 1 is 1.17 bits per heavy atom. The van der Waals surface area contributed by atoms with Gasteiger partial charge in [-0.15, -0.1) is 0 Å². The van der Waals surface area contributed by atoms with E-state index in [9.17, 15) is 14.7 Å². The average molecular weight is 413 g/mol. The minimum absolute atomic E-state index is 0.0436. The topological polar surface area (TPSA) is 105 Å². The Balaban J connectivity index is 2.01. The second-order valence-electron chi connectivity index (χ2n) is 7.79.